The fourth-order valence-corrected chi connectivity index (χ4v) is 1.26. The summed E-state index contributed by atoms with van der Waals surface area (Å²) in [6.07, 6.45) is 0. The van der Waals surface area contributed by atoms with Crippen molar-refractivity contribution in [2.45, 2.75) is 0 Å². The van der Waals surface area contributed by atoms with Gasteiger partial charge in [-0.2, -0.15) is 0 Å². The highest BCUT2D eigenvalue weighted by Crippen LogP contribution is 2.20. The Bertz CT molecular complexity index is 458. The maximum atomic E-state index is 13.0. The van der Waals surface area contributed by atoms with Crippen molar-refractivity contribution in [1.29, 1.82) is 0 Å². The monoisotopic (exact) mass is 182 g/mol. The molecule has 0 nitrogen and oxygen atoms in total. The molecule has 0 N–H and O–H groups in total. The van der Waals surface area contributed by atoms with Crippen LogP contribution in [0.5, 0.6) is 0 Å². The SMILES string of the molecule is Fc1ccc2c(F)cc(F)cc2c1. The number of benzene rings is 2. The van der Waals surface area contributed by atoms with Crippen LogP contribution in [0.1, 0.15) is 0 Å². The lowest BCUT2D eigenvalue weighted by atomic mass is 10.1. The summed E-state index contributed by atoms with van der Waals surface area (Å²) in [5.74, 6) is -1.87. The van der Waals surface area contributed by atoms with E-state index in [0.717, 1.165) is 24.3 Å². The third-order valence-corrected chi connectivity index (χ3v) is 1.83. The van der Waals surface area contributed by atoms with Crippen LogP contribution >= 0.6 is 0 Å². The van der Waals surface area contributed by atoms with Crippen LogP contribution in [0.3, 0.4) is 0 Å². The standard InChI is InChI=1S/C10H5F3/c11-7-1-2-9-6(3-7)4-8(12)5-10(9)13/h1-5H. The first-order chi connectivity index (χ1) is 6.16. The summed E-state index contributed by atoms with van der Waals surface area (Å²) < 4.78 is 38.3. The molecule has 0 radical (unpaired) electrons. The van der Waals surface area contributed by atoms with Gasteiger partial charge in [0.05, 0.1) is 0 Å². The summed E-state index contributed by atoms with van der Waals surface area (Å²) in [5.41, 5.74) is 0. The van der Waals surface area contributed by atoms with Crippen LogP contribution in [0.4, 0.5) is 13.2 Å². The van der Waals surface area contributed by atoms with Crippen LogP contribution in [0.2, 0.25) is 0 Å². The first-order valence-corrected chi connectivity index (χ1v) is 3.71. The third kappa shape index (κ3) is 1.37. The number of fused-ring (bicyclic) bond motifs is 1. The van der Waals surface area contributed by atoms with E-state index in [1.165, 1.54) is 6.07 Å². The molecular weight excluding hydrogens is 177 g/mol. The molecule has 0 fully saturated rings. The molecule has 13 heavy (non-hydrogen) atoms. The zero-order chi connectivity index (χ0) is 9.42. The van der Waals surface area contributed by atoms with Crippen LogP contribution in [-0.4, -0.2) is 0 Å². The third-order valence-electron chi connectivity index (χ3n) is 1.83. The average Bonchev–Trinajstić information content (AvgIpc) is 2.02. The lowest BCUT2D eigenvalue weighted by Gasteiger charge is -1.99. The topological polar surface area (TPSA) is 0 Å². The van der Waals surface area contributed by atoms with Crippen molar-refractivity contribution in [3.05, 3.63) is 47.8 Å². The van der Waals surface area contributed by atoms with Gasteiger partial charge in [-0.15, -0.1) is 0 Å². The molecule has 3 heteroatoms. The molecular formula is C10H5F3. The van der Waals surface area contributed by atoms with Crippen molar-refractivity contribution in [1.82, 2.24) is 0 Å². The molecule has 0 saturated heterocycles. The van der Waals surface area contributed by atoms with Crippen LogP contribution in [0.25, 0.3) is 10.8 Å². The molecule has 0 heterocycles. The van der Waals surface area contributed by atoms with Gasteiger partial charge in [0.15, 0.2) is 0 Å². The van der Waals surface area contributed by atoms with Gasteiger partial charge in [-0.05, 0) is 29.7 Å². The minimum absolute atomic E-state index is 0.225. The highest BCUT2D eigenvalue weighted by Gasteiger charge is 2.03. The fraction of sp³-hybridized carbons (Fsp3) is 0. The van der Waals surface area contributed by atoms with Crippen LogP contribution in [-0.2, 0) is 0 Å². The van der Waals surface area contributed by atoms with E-state index in [1.54, 1.807) is 0 Å². The van der Waals surface area contributed by atoms with Gasteiger partial charge in [-0.25, -0.2) is 13.2 Å². The molecule has 0 aliphatic heterocycles. The van der Waals surface area contributed by atoms with Crippen molar-refractivity contribution in [2.75, 3.05) is 0 Å². The maximum absolute atomic E-state index is 13.0. The van der Waals surface area contributed by atoms with Gasteiger partial charge in [0.1, 0.15) is 17.5 Å². The summed E-state index contributed by atoms with van der Waals surface area (Å²) in [4.78, 5) is 0. The van der Waals surface area contributed by atoms with Gasteiger partial charge in [-0.3, -0.25) is 0 Å². The molecule has 2 aromatic carbocycles. The lowest BCUT2D eigenvalue weighted by Crippen LogP contribution is -1.84. The summed E-state index contributed by atoms with van der Waals surface area (Å²) in [7, 11) is 0. The van der Waals surface area contributed by atoms with E-state index in [4.69, 9.17) is 0 Å². The molecule has 66 valence electrons. The van der Waals surface area contributed by atoms with Gasteiger partial charge in [-0.1, -0.05) is 0 Å². The van der Waals surface area contributed by atoms with Crippen molar-refractivity contribution >= 4 is 10.8 Å². The first-order valence-electron chi connectivity index (χ1n) is 3.71. The summed E-state index contributed by atoms with van der Waals surface area (Å²) in [5, 5.41) is 0.459. The van der Waals surface area contributed by atoms with E-state index in [0.29, 0.717) is 0 Å². The Labute approximate surface area is 72.6 Å². The predicted molar refractivity (Wildman–Crippen MR) is 43.8 cm³/mol. The smallest absolute Gasteiger partial charge is 0.133 e. The molecule has 0 aliphatic carbocycles. The highest BCUT2D eigenvalue weighted by molar-refractivity contribution is 5.83. The van der Waals surface area contributed by atoms with Crippen LogP contribution in [0.15, 0.2) is 30.3 Å². The molecule has 0 saturated carbocycles. The normalized spacial score (nSPS) is 10.7. The summed E-state index contributed by atoms with van der Waals surface area (Å²) in [6.45, 7) is 0. The van der Waals surface area contributed by atoms with Crippen molar-refractivity contribution in [3.63, 3.8) is 0 Å². The largest absolute Gasteiger partial charge is 0.207 e. The van der Waals surface area contributed by atoms with Crippen molar-refractivity contribution in [3.8, 4) is 0 Å². The van der Waals surface area contributed by atoms with E-state index < -0.39 is 17.5 Å². The molecule has 0 unspecified atom stereocenters. The molecule has 0 aliphatic rings. The number of hydrogen-bond acceptors (Lipinski definition) is 0. The predicted octanol–water partition coefficient (Wildman–Crippen LogP) is 3.26. The summed E-state index contributed by atoms with van der Waals surface area (Å²) in [6, 6.07) is 5.41. The van der Waals surface area contributed by atoms with E-state index >= 15 is 0 Å². The van der Waals surface area contributed by atoms with E-state index in [-0.39, 0.29) is 10.8 Å². The van der Waals surface area contributed by atoms with E-state index in [1.807, 2.05) is 0 Å². The molecule has 0 spiro atoms. The van der Waals surface area contributed by atoms with Gasteiger partial charge >= 0.3 is 0 Å². The Morgan fingerprint density at radius 2 is 1.46 bits per heavy atom. The Balaban J connectivity index is 2.86. The van der Waals surface area contributed by atoms with Crippen molar-refractivity contribution in [2.24, 2.45) is 0 Å². The molecule has 0 atom stereocenters. The fourth-order valence-electron chi connectivity index (χ4n) is 1.26. The first kappa shape index (κ1) is 8.10. The second-order valence-electron chi connectivity index (χ2n) is 2.75. The molecule has 0 aromatic heterocycles. The number of rotatable bonds is 0. The minimum Gasteiger partial charge on any atom is -0.207 e. The second-order valence-corrected chi connectivity index (χ2v) is 2.75. The van der Waals surface area contributed by atoms with E-state index in [2.05, 4.69) is 0 Å². The zero-order valence-electron chi connectivity index (χ0n) is 6.52. The van der Waals surface area contributed by atoms with Crippen molar-refractivity contribution < 1.29 is 13.2 Å². The number of hydrogen-bond donors (Lipinski definition) is 0. The molecule has 0 amide bonds. The van der Waals surface area contributed by atoms with Gasteiger partial charge in [0.2, 0.25) is 0 Å². The lowest BCUT2D eigenvalue weighted by molar-refractivity contribution is 0.591. The Hall–Kier alpha value is -1.51. The van der Waals surface area contributed by atoms with E-state index in [9.17, 15) is 13.2 Å². The summed E-state index contributed by atoms with van der Waals surface area (Å²) >= 11 is 0. The Morgan fingerprint density at radius 1 is 0.769 bits per heavy atom. The molecule has 2 aromatic rings. The Morgan fingerprint density at radius 3 is 2.23 bits per heavy atom. The highest BCUT2D eigenvalue weighted by atomic mass is 19.1. The minimum atomic E-state index is -0.699. The molecule has 2 rings (SSSR count). The van der Waals surface area contributed by atoms with Gasteiger partial charge < -0.3 is 0 Å². The Kier molecular flexibility index (Phi) is 1.72. The van der Waals surface area contributed by atoms with Crippen LogP contribution in [0, 0.1) is 17.5 Å². The quantitative estimate of drug-likeness (QED) is 0.586. The van der Waals surface area contributed by atoms with Crippen LogP contribution < -0.4 is 0 Å². The van der Waals surface area contributed by atoms with Gasteiger partial charge in [0.25, 0.3) is 0 Å². The number of halogens is 3. The second kappa shape index (κ2) is 2.76. The maximum Gasteiger partial charge on any atom is 0.133 e. The van der Waals surface area contributed by atoms with Gasteiger partial charge in [0, 0.05) is 11.5 Å². The zero-order valence-corrected chi connectivity index (χ0v) is 6.52. The average molecular weight is 182 g/mol. The molecule has 0 bridgehead atoms.